The molecule has 0 bridgehead atoms. The summed E-state index contributed by atoms with van der Waals surface area (Å²) in [6.45, 7) is 0. The van der Waals surface area contributed by atoms with Gasteiger partial charge in [-0.2, -0.15) is 5.10 Å². The van der Waals surface area contributed by atoms with Crippen LogP contribution in [0.5, 0.6) is 0 Å². The molecule has 0 fully saturated rings. The van der Waals surface area contributed by atoms with Gasteiger partial charge >= 0.3 is 0 Å². The number of pyridine rings is 1. The van der Waals surface area contributed by atoms with Gasteiger partial charge in [-0.1, -0.05) is 6.07 Å². The number of aromatic nitrogens is 3. The fraction of sp³-hybridized carbons (Fsp3) is 0. The molecule has 0 radical (unpaired) electrons. The predicted octanol–water partition coefficient (Wildman–Crippen LogP) is 1.08. The van der Waals surface area contributed by atoms with E-state index in [-0.39, 0.29) is 0 Å². The average Bonchev–Trinajstić information content (AvgIpc) is 2.67. The summed E-state index contributed by atoms with van der Waals surface area (Å²) >= 11 is 0. The van der Waals surface area contributed by atoms with E-state index in [1.165, 1.54) is 4.68 Å². The summed E-state index contributed by atoms with van der Waals surface area (Å²) in [5.74, 6) is 0.648. The van der Waals surface area contributed by atoms with Crippen LogP contribution in [0.3, 0.4) is 0 Å². The van der Waals surface area contributed by atoms with Gasteiger partial charge in [0.05, 0.1) is 6.20 Å². The van der Waals surface area contributed by atoms with E-state index >= 15 is 0 Å². The number of nitrogens with zero attached hydrogens (tertiary/aromatic N) is 3. The topological polar surface area (TPSA) is 47.8 Å². The summed E-state index contributed by atoms with van der Waals surface area (Å²) in [7, 11) is 0. The molecular formula is C9H7N3O. The number of aldehydes is 1. The zero-order valence-corrected chi connectivity index (χ0v) is 6.79. The second-order valence-electron chi connectivity index (χ2n) is 2.47. The van der Waals surface area contributed by atoms with Crippen molar-refractivity contribution in [2.45, 2.75) is 0 Å². The highest BCUT2D eigenvalue weighted by Crippen LogP contribution is 2.04. The summed E-state index contributed by atoms with van der Waals surface area (Å²) in [5.41, 5.74) is 0.499. The maximum absolute atomic E-state index is 10.6. The van der Waals surface area contributed by atoms with Gasteiger partial charge in [-0.3, -0.25) is 4.79 Å². The first-order chi connectivity index (χ1) is 6.42. The molecule has 0 amide bonds. The van der Waals surface area contributed by atoms with E-state index in [1.807, 2.05) is 12.1 Å². The second kappa shape index (κ2) is 3.18. The number of carbonyl (C=O) groups is 1. The Bertz CT molecular complexity index is 408. The summed E-state index contributed by atoms with van der Waals surface area (Å²) in [6, 6.07) is 7.09. The van der Waals surface area contributed by atoms with Crippen LogP contribution in [0.4, 0.5) is 0 Å². The van der Waals surface area contributed by atoms with Gasteiger partial charge in [-0.25, -0.2) is 9.67 Å². The van der Waals surface area contributed by atoms with E-state index < -0.39 is 0 Å². The quantitative estimate of drug-likeness (QED) is 0.638. The molecule has 0 aromatic carbocycles. The Hall–Kier alpha value is -1.97. The molecule has 2 aromatic rings. The van der Waals surface area contributed by atoms with Crippen LogP contribution in [0.25, 0.3) is 5.82 Å². The van der Waals surface area contributed by atoms with Gasteiger partial charge in [0.15, 0.2) is 12.1 Å². The van der Waals surface area contributed by atoms with E-state index in [2.05, 4.69) is 10.1 Å². The third kappa shape index (κ3) is 1.33. The van der Waals surface area contributed by atoms with Gasteiger partial charge in [0.1, 0.15) is 5.69 Å². The minimum Gasteiger partial charge on any atom is -0.296 e. The fourth-order valence-electron chi connectivity index (χ4n) is 1.07. The summed E-state index contributed by atoms with van der Waals surface area (Å²) in [5, 5.41) is 3.98. The van der Waals surface area contributed by atoms with Crippen molar-refractivity contribution in [3.63, 3.8) is 0 Å². The fourth-order valence-corrected chi connectivity index (χ4v) is 1.07. The summed E-state index contributed by atoms with van der Waals surface area (Å²) < 4.78 is 1.49. The van der Waals surface area contributed by atoms with Crippen molar-refractivity contribution < 1.29 is 4.79 Å². The first kappa shape index (κ1) is 7.67. The maximum Gasteiger partial charge on any atom is 0.168 e. The van der Waals surface area contributed by atoms with Crippen molar-refractivity contribution in [2.24, 2.45) is 0 Å². The van der Waals surface area contributed by atoms with Crippen molar-refractivity contribution in [3.8, 4) is 5.82 Å². The van der Waals surface area contributed by atoms with Crippen LogP contribution in [0.1, 0.15) is 10.5 Å². The average molecular weight is 173 g/mol. The Morgan fingerprint density at radius 3 is 2.85 bits per heavy atom. The van der Waals surface area contributed by atoms with Crippen molar-refractivity contribution in [2.75, 3.05) is 0 Å². The van der Waals surface area contributed by atoms with Crippen LogP contribution in [-0.4, -0.2) is 21.1 Å². The molecule has 0 atom stereocenters. The Labute approximate surface area is 74.8 Å². The van der Waals surface area contributed by atoms with E-state index in [1.54, 1.807) is 24.5 Å². The third-order valence-electron chi connectivity index (χ3n) is 1.66. The SMILES string of the molecule is O=Cc1ccnn1-c1ccccn1. The second-order valence-corrected chi connectivity index (χ2v) is 2.47. The van der Waals surface area contributed by atoms with Crippen LogP contribution >= 0.6 is 0 Å². The largest absolute Gasteiger partial charge is 0.296 e. The minimum absolute atomic E-state index is 0.499. The molecule has 0 spiro atoms. The van der Waals surface area contributed by atoms with Gasteiger partial charge in [0.2, 0.25) is 0 Å². The molecule has 0 aliphatic rings. The van der Waals surface area contributed by atoms with Gasteiger partial charge < -0.3 is 0 Å². The Kier molecular flexibility index (Phi) is 1.88. The molecule has 2 heterocycles. The van der Waals surface area contributed by atoms with E-state index in [9.17, 15) is 4.79 Å². The molecule has 0 N–H and O–H groups in total. The van der Waals surface area contributed by atoms with Crippen molar-refractivity contribution in [1.82, 2.24) is 14.8 Å². The molecule has 64 valence electrons. The van der Waals surface area contributed by atoms with Crippen LogP contribution < -0.4 is 0 Å². The van der Waals surface area contributed by atoms with Crippen molar-refractivity contribution >= 4 is 6.29 Å². The Morgan fingerprint density at radius 2 is 2.15 bits per heavy atom. The summed E-state index contributed by atoms with van der Waals surface area (Å²) in [4.78, 5) is 14.6. The number of rotatable bonds is 2. The van der Waals surface area contributed by atoms with Gasteiger partial charge in [-0.15, -0.1) is 0 Å². The summed E-state index contributed by atoms with van der Waals surface area (Å²) in [6.07, 6.45) is 3.98. The zero-order valence-electron chi connectivity index (χ0n) is 6.79. The number of hydrogen-bond acceptors (Lipinski definition) is 3. The number of carbonyl (C=O) groups excluding carboxylic acids is 1. The highest BCUT2D eigenvalue weighted by atomic mass is 16.1. The highest BCUT2D eigenvalue weighted by molar-refractivity contribution is 5.72. The molecule has 13 heavy (non-hydrogen) atoms. The molecule has 4 heteroatoms. The Morgan fingerprint density at radius 1 is 1.23 bits per heavy atom. The lowest BCUT2D eigenvalue weighted by Crippen LogP contribution is -2.02. The molecule has 0 aliphatic carbocycles. The molecule has 0 saturated carbocycles. The maximum atomic E-state index is 10.6. The normalized spacial score (nSPS) is 9.85. The molecule has 0 saturated heterocycles. The van der Waals surface area contributed by atoms with Gasteiger partial charge in [-0.05, 0) is 18.2 Å². The van der Waals surface area contributed by atoms with Crippen LogP contribution in [0, 0.1) is 0 Å². The zero-order chi connectivity index (χ0) is 9.10. The first-order valence-corrected chi connectivity index (χ1v) is 3.82. The molecular weight excluding hydrogens is 166 g/mol. The van der Waals surface area contributed by atoms with Crippen molar-refractivity contribution in [3.05, 3.63) is 42.4 Å². The van der Waals surface area contributed by atoms with E-state index in [0.29, 0.717) is 11.5 Å². The lowest BCUT2D eigenvalue weighted by Gasteiger charge is -1.99. The highest BCUT2D eigenvalue weighted by Gasteiger charge is 2.02. The van der Waals surface area contributed by atoms with Gasteiger partial charge in [0, 0.05) is 6.20 Å². The van der Waals surface area contributed by atoms with Gasteiger partial charge in [0.25, 0.3) is 0 Å². The van der Waals surface area contributed by atoms with Crippen LogP contribution in [-0.2, 0) is 0 Å². The lowest BCUT2D eigenvalue weighted by molar-refractivity contribution is 0.111. The molecule has 0 aliphatic heterocycles. The number of hydrogen-bond donors (Lipinski definition) is 0. The minimum atomic E-state index is 0.499. The third-order valence-corrected chi connectivity index (χ3v) is 1.66. The van der Waals surface area contributed by atoms with Crippen LogP contribution in [0.15, 0.2) is 36.7 Å². The van der Waals surface area contributed by atoms with Crippen LogP contribution in [0.2, 0.25) is 0 Å². The van der Waals surface area contributed by atoms with E-state index in [0.717, 1.165) is 6.29 Å². The molecule has 4 nitrogen and oxygen atoms in total. The predicted molar refractivity (Wildman–Crippen MR) is 46.7 cm³/mol. The molecule has 0 unspecified atom stereocenters. The monoisotopic (exact) mass is 173 g/mol. The van der Waals surface area contributed by atoms with E-state index in [4.69, 9.17) is 0 Å². The Balaban J connectivity index is 2.52. The smallest absolute Gasteiger partial charge is 0.168 e. The first-order valence-electron chi connectivity index (χ1n) is 3.82. The molecule has 2 rings (SSSR count). The lowest BCUT2D eigenvalue weighted by atomic mass is 10.4. The van der Waals surface area contributed by atoms with Crippen molar-refractivity contribution in [1.29, 1.82) is 0 Å². The molecule has 2 aromatic heterocycles. The standard InChI is InChI=1S/C9H7N3O/c13-7-8-4-6-11-12(8)9-3-1-2-5-10-9/h1-7H.